The van der Waals surface area contributed by atoms with Gasteiger partial charge in [0.1, 0.15) is 0 Å². The van der Waals surface area contributed by atoms with Gasteiger partial charge in [-0.05, 0) is 45.6 Å². The third kappa shape index (κ3) is 3.39. The molecular weight excluding hydrogens is 303 g/mol. The minimum Gasteiger partial charge on any atom is -0.311 e. The average Bonchev–Trinajstić information content (AvgIpc) is 2.71. The molecule has 0 bridgehead atoms. The fourth-order valence-electron chi connectivity index (χ4n) is 3.79. The van der Waals surface area contributed by atoms with E-state index in [4.69, 9.17) is 23.2 Å². The van der Waals surface area contributed by atoms with Gasteiger partial charge in [-0.25, -0.2) is 0 Å². The van der Waals surface area contributed by atoms with Crippen molar-refractivity contribution in [1.29, 1.82) is 0 Å². The quantitative estimate of drug-likeness (QED) is 0.790. The van der Waals surface area contributed by atoms with E-state index in [-0.39, 0.29) is 11.6 Å². The molecule has 0 aliphatic heterocycles. The fraction of sp³-hybridized carbons (Fsp3) is 0.647. The molecular formula is C17H26Cl2N2. The first kappa shape index (κ1) is 17.1. The summed E-state index contributed by atoms with van der Waals surface area (Å²) in [6, 6.07) is 6.14. The van der Waals surface area contributed by atoms with Crippen LogP contribution in [0.4, 0.5) is 0 Å². The molecule has 1 aliphatic carbocycles. The van der Waals surface area contributed by atoms with Crippen LogP contribution < -0.4 is 5.32 Å². The number of likely N-dealkylation sites (N-methyl/N-ethyl adjacent to an activating group) is 2. The van der Waals surface area contributed by atoms with Gasteiger partial charge >= 0.3 is 0 Å². The molecule has 0 amide bonds. The van der Waals surface area contributed by atoms with Gasteiger partial charge in [-0.2, -0.15) is 0 Å². The lowest BCUT2D eigenvalue weighted by molar-refractivity contribution is 0.0835. The smallest absolute Gasteiger partial charge is 0.0640 e. The van der Waals surface area contributed by atoms with Gasteiger partial charge in [-0.1, -0.05) is 61.0 Å². The monoisotopic (exact) mass is 328 g/mol. The third-order valence-corrected chi connectivity index (χ3v) is 5.81. The van der Waals surface area contributed by atoms with Crippen molar-refractivity contribution in [3.8, 4) is 0 Å². The Balaban J connectivity index is 2.47. The molecule has 2 nitrogen and oxygen atoms in total. The van der Waals surface area contributed by atoms with Crippen LogP contribution in [0.1, 0.15) is 50.1 Å². The molecule has 118 valence electrons. The van der Waals surface area contributed by atoms with E-state index in [1.54, 1.807) is 0 Å². The van der Waals surface area contributed by atoms with Gasteiger partial charge < -0.3 is 10.2 Å². The number of benzene rings is 1. The van der Waals surface area contributed by atoms with E-state index >= 15 is 0 Å². The number of hydrogen-bond acceptors (Lipinski definition) is 2. The van der Waals surface area contributed by atoms with Crippen LogP contribution in [0.5, 0.6) is 0 Å². The Kier molecular flexibility index (Phi) is 5.96. The van der Waals surface area contributed by atoms with Gasteiger partial charge in [0, 0.05) is 5.54 Å². The molecule has 0 radical (unpaired) electrons. The molecule has 1 saturated carbocycles. The second kappa shape index (κ2) is 7.32. The van der Waals surface area contributed by atoms with Crippen LogP contribution in [0.25, 0.3) is 0 Å². The minimum absolute atomic E-state index is 0.0968. The topological polar surface area (TPSA) is 15.3 Å². The predicted octanol–water partition coefficient (Wildman–Crippen LogP) is 4.91. The lowest BCUT2D eigenvalue weighted by atomic mass is 9.78. The highest BCUT2D eigenvalue weighted by Gasteiger charge is 2.41. The van der Waals surface area contributed by atoms with Crippen molar-refractivity contribution in [3.63, 3.8) is 0 Å². The Morgan fingerprint density at radius 1 is 1.10 bits per heavy atom. The van der Waals surface area contributed by atoms with Crippen molar-refractivity contribution in [2.24, 2.45) is 0 Å². The van der Waals surface area contributed by atoms with Gasteiger partial charge in [0.25, 0.3) is 0 Å². The number of nitrogens with zero attached hydrogens (tertiary/aromatic N) is 1. The molecule has 0 aromatic heterocycles. The van der Waals surface area contributed by atoms with Crippen molar-refractivity contribution < 1.29 is 0 Å². The van der Waals surface area contributed by atoms with E-state index in [1.807, 2.05) is 19.2 Å². The highest BCUT2D eigenvalue weighted by molar-refractivity contribution is 6.42. The first-order valence-corrected chi connectivity index (χ1v) is 8.57. The SMILES string of the molecule is CNC(c1cccc(Cl)c1Cl)C1(N(C)C)CCCCCC1. The van der Waals surface area contributed by atoms with Crippen LogP contribution in [0.3, 0.4) is 0 Å². The lowest BCUT2D eigenvalue weighted by Gasteiger charge is -2.46. The van der Waals surface area contributed by atoms with Crippen LogP contribution in [-0.2, 0) is 0 Å². The summed E-state index contributed by atoms with van der Waals surface area (Å²) in [5.41, 5.74) is 1.21. The van der Waals surface area contributed by atoms with Crippen LogP contribution in [0.2, 0.25) is 10.0 Å². The van der Waals surface area contributed by atoms with E-state index in [2.05, 4.69) is 30.4 Å². The Labute approximate surface area is 138 Å². The molecule has 21 heavy (non-hydrogen) atoms. The van der Waals surface area contributed by atoms with E-state index in [1.165, 1.54) is 38.5 Å². The van der Waals surface area contributed by atoms with Crippen molar-refractivity contribution >= 4 is 23.2 Å². The number of nitrogens with one attached hydrogen (secondary N) is 1. The maximum Gasteiger partial charge on any atom is 0.0640 e. The molecule has 0 spiro atoms. The minimum atomic E-state index is 0.0968. The van der Waals surface area contributed by atoms with Gasteiger partial charge in [0.2, 0.25) is 0 Å². The summed E-state index contributed by atoms with van der Waals surface area (Å²) in [6.07, 6.45) is 7.58. The zero-order chi connectivity index (χ0) is 15.5. The van der Waals surface area contributed by atoms with E-state index in [0.29, 0.717) is 10.0 Å². The van der Waals surface area contributed by atoms with Crippen LogP contribution in [0, 0.1) is 0 Å². The average molecular weight is 329 g/mol. The second-order valence-corrected chi connectivity index (χ2v) is 7.06. The molecule has 0 saturated heterocycles. The largest absolute Gasteiger partial charge is 0.311 e. The number of rotatable bonds is 4. The van der Waals surface area contributed by atoms with Crippen molar-refractivity contribution in [2.45, 2.75) is 50.1 Å². The standard InChI is InChI=1S/C17H26Cl2N2/c1-20-16(13-9-8-10-14(18)15(13)19)17(21(2)3)11-6-4-5-7-12-17/h8-10,16,20H,4-7,11-12H2,1-3H3. The summed E-state index contributed by atoms with van der Waals surface area (Å²) in [4.78, 5) is 2.39. The Bertz CT molecular complexity index is 466. The maximum absolute atomic E-state index is 6.50. The second-order valence-electron chi connectivity index (χ2n) is 6.28. The van der Waals surface area contributed by atoms with Gasteiger partial charge in [-0.15, -0.1) is 0 Å². The molecule has 4 heteroatoms. The molecule has 1 atom stereocenters. The molecule has 0 heterocycles. The molecule has 1 fully saturated rings. The summed E-state index contributed by atoms with van der Waals surface area (Å²) in [5, 5.41) is 4.84. The Morgan fingerprint density at radius 2 is 1.71 bits per heavy atom. The van der Waals surface area contributed by atoms with Crippen molar-refractivity contribution in [1.82, 2.24) is 10.2 Å². The predicted molar refractivity (Wildman–Crippen MR) is 92.4 cm³/mol. The maximum atomic E-state index is 6.50. The number of hydrogen-bond donors (Lipinski definition) is 1. The van der Waals surface area contributed by atoms with E-state index in [0.717, 1.165) is 5.56 Å². The third-order valence-electron chi connectivity index (χ3n) is 4.98. The lowest BCUT2D eigenvalue weighted by Crippen LogP contribution is -2.53. The van der Waals surface area contributed by atoms with Crippen LogP contribution in [0.15, 0.2) is 18.2 Å². The Morgan fingerprint density at radius 3 is 2.24 bits per heavy atom. The molecule has 2 rings (SSSR count). The summed E-state index contributed by atoms with van der Waals surface area (Å²) in [5.74, 6) is 0. The molecule has 1 unspecified atom stereocenters. The van der Waals surface area contributed by atoms with Crippen molar-refractivity contribution in [2.75, 3.05) is 21.1 Å². The molecule has 1 aromatic carbocycles. The van der Waals surface area contributed by atoms with Gasteiger partial charge in [0.15, 0.2) is 0 Å². The summed E-state index contributed by atoms with van der Waals surface area (Å²) in [6.45, 7) is 0. The number of halogens is 2. The first-order chi connectivity index (χ1) is 10.0. The zero-order valence-electron chi connectivity index (χ0n) is 13.3. The normalized spacial score (nSPS) is 20.3. The van der Waals surface area contributed by atoms with Crippen LogP contribution in [-0.4, -0.2) is 31.6 Å². The molecule has 1 aromatic rings. The summed E-state index contributed by atoms with van der Waals surface area (Å²) >= 11 is 12.7. The van der Waals surface area contributed by atoms with Gasteiger partial charge in [-0.3, -0.25) is 0 Å². The fourth-order valence-corrected chi connectivity index (χ4v) is 4.21. The summed E-state index contributed by atoms with van der Waals surface area (Å²) in [7, 11) is 6.40. The molecule has 1 aliphatic rings. The van der Waals surface area contributed by atoms with Gasteiger partial charge in [0.05, 0.1) is 16.1 Å². The Hall–Kier alpha value is -0.280. The van der Waals surface area contributed by atoms with E-state index in [9.17, 15) is 0 Å². The first-order valence-electron chi connectivity index (χ1n) is 7.81. The molecule has 1 N–H and O–H groups in total. The van der Waals surface area contributed by atoms with E-state index < -0.39 is 0 Å². The van der Waals surface area contributed by atoms with Crippen molar-refractivity contribution in [3.05, 3.63) is 33.8 Å². The zero-order valence-corrected chi connectivity index (χ0v) is 14.8. The van der Waals surface area contributed by atoms with Crippen LogP contribution >= 0.6 is 23.2 Å². The summed E-state index contributed by atoms with van der Waals surface area (Å²) < 4.78 is 0. The highest BCUT2D eigenvalue weighted by Crippen LogP contribution is 2.43. The highest BCUT2D eigenvalue weighted by atomic mass is 35.5.